The fourth-order valence-corrected chi connectivity index (χ4v) is 4.07. The second-order valence-corrected chi connectivity index (χ2v) is 6.23. The van der Waals surface area contributed by atoms with E-state index < -0.39 is 23.4 Å². The van der Waals surface area contributed by atoms with Crippen LogP contribution in [0.3, 0.4) is 0 Å². The summed E-state index contributed by atoms with van der Waals surface area (Å²) in [6.45, 7) is 1.76. The Labute approximate surface area is 122 Å². The van der Waals surface area contributed by atoms with E-state index in [2.05, 4.69) is 16.7 Å². The van der Waals surface area contributed by atoms with Gasteiger partial charge >= 0.3 is 6.16 Å². The summed E-state index contributed by atoms with van der Waals surface area (Å²) in [6.07, 6.45) is 1.92. The normalized spacial score (nSPS) is 38.0. The molecule has 1 saturated heterocycles. The van der Waals surface area contributed by atoms with Crippen LogP contribution in [0.5, 0.6) is 0 Å². The van der Waals surface area contributed by atoms with E-state index >= 15 is 0 Å². The van der Waals surface area contributed by atoms with Gasteiger partial charge in [-0.15, -0.1) is 11.8 Å². The average Bonchev–Trinajstić information content (AvgIpc) is 3.01. The maximum atomic E-state index is 12.5. The molecule has 3 aliphatic rings. The molecular weight excluding hydrogens is 274 g/mol. The van der Waals surface area contributed by atoms with Crippen LogP contribution >= 0.6 is 0 Å². The molecule has 6 heteroatoms. The lowest BCUT2D eigenvalue weighted by Crippen LogP contribution is -2.37. The maximum Gasteiger partial charge on any atom is 0.531 e. The Balaban J connectivity index is 1.78. The standard InChI is InChI=1S/C15H17NO5/c1-15(8-11(17)16(13(15)18)21-14(19)20)12-9-6-4-2-3-5-7-10(9)12/h9-10,12H,4-8H2,1H3,(H,19,20)/t9-,10+,12?,15?. The van der Waals surface area contributed by atoms with Gasteiger partial charge in [0.15, 0.2) is 0 Å². The van der Waals surface area contributed by atoms with Crippen molar-refractivity contribution in [1.29, 1.82) is 0 Å². The minimum Gasteiger partial charge on any atom is -0.448 e. The van der Waals surface area contributed by atoms with Crippen LogP contribution in [0, 0.1) is 35.0 Å². The second-order valence-electron chi connectivity index (χ2n) is 6.23. The molecule has 1 saturated carbocycles. The average molecular weight is 291 g/mol. The number of nitrogens with zero attached hydrogens (tertiary/aromatic N) is 1. The number of carboxylic acid groups (broad SMARTS) is 1. The van der Waals surface area contributed by atoms with Crippen LogP contribution in [-0.2, 0) is 14.4 Å². The topological polar surface area (TPSA) is 83.9 Å². The van der Waals surface area contributed by atoms with Crippen molar-refractivity contribution in [2.45, 2.75) is 39.0 Å². The van der Waals surface area contributed by atoms with Crippen LogP contribution in [-0.4, -0.2) is 28.1 Å². The van der Waals surface area contributed by atoms with Crippen LogP contribution in [0.15, 0.2) is 0 Å². The highest BCUT2D eigenvalue weighted by Gasteiger charge is 2.66. The van der Waals surface area contributed by atoms with Gasteiger partial charge in [0.1, 0.15) is 0 Å². The van der Waals surface area contributed by atoms with E-state index in [9.17, 15) is 14.4 Å². The Morgan fingerprint density at radius 2 is 1.86 bits per heavy atom. The van der Waals surface area contributed by atoms with Gasteiger partial charge in [-0.05, 0) is 37.5 Å². The first-order valence-corrected chi connectivity index (χ1v) is 7.19. The molecule has 2 aliphatic carbocycles. The minimum absolute atomic E-state index is 0.0254. The first-order valence-electron chi connectivity index (χ1n) is 7.19. The number of fused-ring (bicyclic) bond motifs is 1. The predicted molar refractivity (Wildman–Crippen MR) is 70.4 cm³/mol. The first-order chi connectivity index (χ1) is 9.95. The molecule has 0 spiro atoms. The van der Waals surface area contributed by atoms with E-state index in [1.807, 2.05) is 0 Å². The number of carbonyl (C=O) groups is 3. The van der Waals surface area contributed by atoms with Crippen molar-refractivity contribution in [3.63, 3.8) is 0 Å². The maximum absolute atomic E-state index is 12.5. The van der Waals surface area contributed by atoms with Gasteiger partial charge in [-0.3, -0.25) is 14.4 Å². The van der Waals surface area contributed by atoms with Crippen molar-refractivity contribution in [2.24, 2.45) is 23.2 Å². The van der Waals surface area contributed by atoms with E-state index in [4.69, 9.17) is 5.11 Å². The smallest absolute Gasteiger partial charge is 0.448 e. The van der Waals surface area contributed by atoms with Gasteiger partial charge in [0.05, 0.1) is 5.41 Å². The molecule has 0 aromatic rings. The lowest BCUT2D eigenvalue weighted by Gasteiger charge is -2.21. The molecule has 6 nitrogen and oxygen atoms in total. The van der Waals surface area contributed by atoms with Crippen LogP contribution in [0.25, 0.3) is 0 Å². The molecule has 0 radical (unpaired) electrons. The van der Waals surface area contributed by atoms with Gasteiger partial charge in [0.25, 0.3) is 11.8 Å². The summed E-state index contributed by atoms with van der Waals surface area (Å²) in [7, 11) is 0. The van der Waals surface area contributed by atoms with Crippen LogP contribution in [0.1, 0.15) is 39.0 Å². The Morgan fingerprint density at radius 3 is 2.38 bits per heavy atom. The van der Waals surface area contributed by atoms with Crippen molar-refractivity contribution in [3.05, 3.63) is 0 Å². The summed E-state index contributed by atoms with van der Waals surface area (Å²) in [6, 6.07) is 0. The monoisotopic (exact) mass is 291 g/mol. The summed E-state index contributed by atoms with van der Waals surface area (Å²) >= 11 is 0. The van der Waals surface area contributed by atoms with Crippen LogP contribution < -0.4 is 0 Å². The van der Waals surface area contributed by atoms with Gasteiger partial charge in [-0.2, -0.15) is 0 Å². The van der Waals surface area contributed by atoms with Gasteiger partial charge in [-0.1, -0.05) is 5.06 Å². The second kappa shape index (κ2) is 4.76. The zero-order chi connectivity index (χ0) is 15.2. The Morgan fingerprint density at radius 1 is 1.29 bits per heavy atom. The molecular formula is C15H17NO5. The number of hydrogen-bond donors (Lipinski definition) is 1. The fraction of sp³-hybridized carbons (Fsp3) is 0.667. The number of amides is 2. The molecule has 2 amide bonds. The fourth-order valence-electron chi connectivity index (χ4n) is 4.07. The van der Waals surface area contributed by atoms with Gasteiger partial charge in [-0.25, -0.2) is 4.79 Å². The van der Waals surface area contributed by atoms with Crippen molar-refractivity contribution in [1.82, 2.24) is 5.06 Å². The van der Waals surface area contributed by atoms with E-state index in [1.54, 1.807) is 6.92 Å². The minimum atomic E-state index is -1.64. The number of hydroxylamine groups is 2. The first kappa shape index (κ1) is 13.9. The molecule has 112 valence electrons. The summed E-state index contributed by atoms with van der Waals surface area (Å²) in [5.74, 6) is 6.07. The third-order valence-corrected chi connectivity index (χ3v) is 4.99. The van der Waals surface area contributed by atoms with Crippen LogP contribution in [0.2, 0.25) is 0 Å². The highest BCUT2D eigenvalue weighted by molar-refractivity contribution is 6.05. The Bertz CT molecular complexity index is 556. The van der Waals surface area contributed by atoms with Crippen molar-refractivity contribution < 1.29 is 24.3 Å². The summed E-state index contributed by atoms with van der Waals surface area (Å²) in [5.41, 5.74) is -0.841. The molecule has 3 rings (SSSR count). The predicted octanol–water partition coefficient (Wildman–Crippen LogP) is 1.80. The lowest BCUT2D eigenvalue weighted by molar-refractivity contribution is -0.178. The Kier molecular flexibility index (Phi) is 3.16. The van der Waals surface area contributed by atoms with Crippen molar-refractivity contribution in [2.75, 3.05) is 0 Å². The van der Waals surface area contributed by atoms with Gasteiger partial charge in [0.2, 0.25) is 0 Å². The lowest BCUT2D eigenvalue weighted by atomic mass is 9.81. The molecule has 2 fully saturated rings. The Hall–Kier alpha value is -2.03. The highest BCUT2D eigenvalue weighted by atomic mass is 16.8. The molecule has 1 N–H and O–H groups in total. The molecule has 1 aliphatic heterocycles. The zero-order valence-corrected chi connectivity index (χ0v) is 11.8. The summed E-state index contributed by atoms with van der Waals surface area (Å²) < 4.78 is 0. The summed E-state index contributed by atoms with van der Waals surface area (Å²) in [4.78, 5) is 39.3. The molecule has 1 heterocycles. The molecule has 0 bridgehead atoms. The molecule has 0 aromatic heterocycles. The van der Waals surface area contributed by atoms with E-state index in [1.165, 1.54) is 0 Å². The summed E-state index contributed by atoms with van der Waals surface area (Å²) in [5, 5.41) is 9.05. The number of imide groups is 1. The van der Waals surface area contributed by atoms with E-state index in [0.29, 0.717) is 16.9 Å². The number of hydrogen-bond acceptors (Lipinski definition) is 4. The molecule has 0 aromatic carbocycles. The van der Waals surface area contributed by atoms with Gasteiger partial charge in [0, 0.05) is 19.3 Å². The number of carbonyl (C=O) groups excluding carboxylic acids is 2. The molecule has 2 unspecified atom stereocenters. The van der Waals surface area contributed by atoms with E-state index in [0.717, 1.165) is 25.7 Å². The van der Waals surface area contributed by atoms with Gasteiger partial charge < -0.3 is 5.11 Å². The van der Waals surface area contributed by atoms with Crippen molar-refractivity contribution in [3.8, 4) is 11.8 Å². The highest BCUT2D eigenvalue weighted by Crippen LogP contribution is 2.63. The number of rotatable bonds is 2. The van der Waals surface area contributed by atoms with E-state index in [-0.39, 0.29) is 12.3 Å². The SMILES string of the molecule is CC1(C2[C@H]3CCC#CCC[C@@H]23)CC(=O)N(OC(=O)O)C1=O. The zero-order valence-electron chi connectivity index (χ0n) is 11.8. The third kappa shape index (κ3) is 2.17. The largest absolute Gasteiger partial charge is 0.531 e. The van der Waals surface area contributed by atoms with Crippen LogP contribution in [0.4, 0.5) is 4.79 Å². The quantitative estimate of drug-likeness (QED) is 0.619. The molecule has 4 atom stereocenters. The molecule has 21 heavy (non-hydrogen) atoms. The third-order valence-electron chi connectivity index (χ3n) is 4.99. The van der Waals surface area contributed by atoms with Crippen molar-refractivity contribution >= 4 is 18.0 Å².